The van der Waals surface area contributed by atoms with Gasteiger partial charge in [0.2, 0.25) is 17.7 Å². The molecular formula is C16H27N3O3S. The molecule has 2 rings (SSSR count). The highest BCUT2D eigenvalue weighted by Crippen LogP contribution is 2.28. The number of rotatable bonds is 3. The van der Waals surface area contributed by atoms with E-state index in [-0.39, 0.29) is 29.1 Å². The molecule has 0 aromatic carbocycles. The number of piperidine rings is 1. The minimum absolute atomic E-state index is 0.0318. The molecular weight excluding hydrogens is 314 g/mol. The van der Waals surface area contributed by atoms with Crippen LogP contribution in [0.15, 0.2) is 0 Å². The molecule has 6 nitrogen and oxygen atoms in total. The number of primary amides is 1. The van der Waals surface area contributed by atoms with Crippen molar-refractivity contribution in [3.8, 4) is 0 Å². The minimum Gasteiger partial charge on any atom is -0.369 e. The first kappa shape index (κ1) is 18.1. The summed E-state index contributed by atoms with van der Waals surface area (Å²) in [5.74, 6) is 0.585. The summed E-state index contributed by atoms with van der Waals surface area (Å²) in [6.07, 6.45) is 1.96. The highest BCUT2D eigenvalue weighted by Gasteiger charge is 2.39. The second kappa shape index (κ2) is 7.11. The van der Waals surface area contributed by atoms with Crippen molar-refractivity contribution in [2.24, 2.45) is 17.1 Å². The van der Waals surface area contributed by atoms with Gasteiger partial charge in [0, 0.05) is 25.3 Å². The fraction of sp³-hybridized carbons (Fsp3) is 0.812. The Bertz CT molecular complexity index is 489. The maximum Gasteiger partial charge on any atom is 0.246 e. The Morgan fingerprint density at radius 1 is 1.26 bits per heavy atom. The van der Waals surface area contributed by atoms with E-state index in [2.05, 4.69) is 0 Å². The summed E-state index contributed by atoms with van der Waals surface area (Å²) in [4.78, 5) is 40.1. The van der Waals surface area contributed by atoms with Crippen LogP contribution < -0.4 is 5.73 Å². The number of hydrogen-bond acceptors (Lipinski definition) is 4. The van der Waals surface area contributed by atoms with Crippen molar-refractivity contribution < 1.29 is 14.4 Å². The van der Waals surface area contributed by atoms with E-state index < -0.39 is 6.04 Å². The van der Waals surface area contributed by atoms with E-state index in [1.165, 1.54) is 0 Å². The Hall–Kier alpha value is -1.24. The van der Waals surface area contributed by atoms with E-state index in [4.69, 9.17) is 5.73 Å². The van der Waals surface area contributed by atoms with E-state index >= 15 is 0 Å². The molecule has 7 heteroatoms. The lowest BCUT2D eigenvalue weighted by Crippen LogP contribution is -2.53. The Balaban J connectivity index is 2.02. The number of nitrogens with zero attached hydrogens (tertiary/aromatic N) is 2. The monoisotopic (exact) mass is 341 g/mol. The second-order valence-electron chi connectivity index (χ2n) is 7.64. The average molecular weight is 341 g/mol. The van der Waals surface area contributed by atoms with Crippen molar-refractivity contribution in [3.05, 3.63) is 0 Å². The summed E-state index contributed by atoms with van der Waals surface area (Å²) in [6, 6.07) is -0.401. The van der Waals surface area contributed by atoms with Crippen LogP contribution >= 0.6 is 11.8 Å². The third-order valence-electron chi connectivity index (χ3n) is 4.30. The van der Waals surface area contributed by atoms with E-state index in [0.29, 0.717) is 31.1 Å². The number of amides is 3. The van der Waals surface area contributed by atoms with Crippen LogP contribution in [0.5, 0.6) is 0 Å². The van der Waals surface area contributed by atoms with Gasteiger partial charge >= 0.3 is 0 Å². The van der Waals surface area contributed by atoms with Gasteiger partial charge in [-0.3, -0.25) is 14.4 Å². The first-order chi connectivity index (χ1) is 10.7. The summed E-state index contributed by atoms with van der Waals surface area (Å²) in [5, 5.41) is 0. The van der Waals surface area contributed by atoms with Gasteiger partial charge < -0.3 is 15.5 Å². The maximum atomic E-state index is 12.8. The Morgan fingerprint density at radius 3 is 2.57 bits per heavy atom. The number of likely N-dealkylation sites (tertiary alicyclic amines) is 1. The van der Waals surface area contributed by atoms with Gasteiger partial charge in [-0.2, -0.15) is 0 Å². The Labute approximate surface area is 142 Å². The van der Waals surface area contributed by atoms with Crippen LogP contribution in [-0.4, -0.2) is 58.3 Å². The molecule has 23 heavy (non-hydrogen) atoms. The number of nitrogens with two attached hydrogens (primary N) is 1. The summed E-state index contributed by atoms with van der Waals surface area (Å²) >= 11 is 1.61. The van der Waals surface area contributed by atoms with Gasteiger partial charge in [0.15, 0.2) is 0 Å². The molecule has 0 aromatic rings. The quantitative estimate of drug-likeness (QED) is 0.831. The fourth-order valence-corrected chi connectivity index (χ4v) is 4.24. The second-order valence-corrected chi connectivity index (χ2v) is 8.64. The molecule has 2 heterocycles. The van der Waals surface area contributed by atoms with Gasteiger partial charge in [-0.25, -0.2) is 0 Å². The summed E-state index contributed by atoms with van der Waals surface area (Å²) in [5.41, 5.74) is 5.29. The van der Waals surface area contributed by atoms with E-state index in [1.54, 1.807) is 21.6 Å². The topological polar surface area (TPSA) is 83.7 Å². The van der Waals surface area contributed by atoms with E-state index in [9.17, 15) is 14.4 Å². The summed E-state index contributed by atoms with van der Waals surface area (Å²) in [7, 11) is 0. The average Bonchev–Trinajstić information content (AvgIpc) is 2.94. The predicted molar refractivity (Wildman–Crippen MR) is 90.5 cm³/mol. The molecule has 0 bridgehead atoms. The summed E-state index contributed by atoms with van der Waals surface area (Å²) in [6.45, 7) is 7.09. The molecule has 0 radical (unpaired) electrons. The smallest absolute Gasteiger partial charge is 0.246 e. The van der Waals surface area contributed by atoms with Gasteiger partial charge in [-0.05, 0) is 18.3 Å². The number of carbonyl (C=O) groups is 3. The molecule has 2 atom stereocenters. The van der Waals surface area contributed by atoms with Crippen molar-refractivity contribution >= 4 is 29.5 Å². The standard InChI is InChI=1S/C16H27N3O3S/c1-16(2,3)7-13(20)19-10-23-9-12(19)15(22)18-6-4-5-11(8-18)14(17)21/h11-12H,4-10H2,1-3H3,(H2,17,21)/t11-,12+/m1/s1. The summed E-state index contributed by atoms with van der Waals surface area (Å²) < 4.78 is 0. The molecule has 0 spiro atoms. The third-order valence-corrected chi connectivity index (χ3v) is 5.32. The molecule has 130 valence electrons. The van der Waals surface area contributed by atoms with Gasteiger partial charge in [-0.15, -0.1) is 11.8 Å². The first-order valence-electron chi connectivity index (χ1n) is 8.14. The van der Waals surface area contributed by atoms with E-state index in [0.717, 1.165) is 12.8 Å². The van der Waals surface area contributed by atoms with Gasteiger partial charge in [0.25, 0.3) is 0 Å². The highest BCUT2D eigenvalue weighted by atomic mass is 32.2. The normalized spacial score (nSPS) is 25.5. The van der Waals surface area contributed by atoms with Crippen LogP contribution in [0.3, 0.4) is 0 Å². The lowest BCUT2D eigenvalue weighted by Gasteiger charge is -2.35. The number of thioether (sulfide) groups is 1. The van der Waals surface area contributed by atoms with Crippen LogP contribution in [0, 0.1) is 11.3 Å². The largest absolute Gasteiger partial charge is 0.369 e. The molecule has 2 N–H and O–H groups in total. The SMILES string of the molecule is CC(C)(C)CC(=O)N1CSC[C@H]1C(=O)N1CCC[C@@H](C(N)=O)C1. The van der Waals surface area contributed by atoms with Crippen LogP contribution in [-0.2, 0) is 14.4 Å². The maximum absolute atomic E-state index is 12.8. The molecule has 0 saturated carbocycles. The molecule has 2 fully saturated rings. The third kappa shape index (κ3) is 4.62. The molecule has 2 aliphatic heterocycles. The molecule has 2 aliphatic rings. The first-order valence-corrected chi connectivity index (χ1v) is 9.30. The Kier molecular flexibility index (Phi) is 5.60. The van der Waals surface area contributed by atoms with Crippen LogP contribution in [0.25, 0.3) is 0 Å². The zero-order valence-corrected chi connectivity index (χ0v) is 15.0. The fourth-order valence-electron chi connectivity index (χ4n) is 3.07. The molecule has 0 unspecified atom stereocenters. The molecule has 2 saturated heterocycles. The number of carbonyl (C=O) groups excluding carboxylic acids is 3. The van der Waals surface area contributed by atoms with Crippen LogP contribution in [0.1, 0.15) is 40.0 Å². The van der Waals surface area contributed by atoms with Gasteiger partial charge in [0.05, 0.1) is 11.8 Å². The zero-order valence-electron chi connectivity index (χ0n) is 14.2. The van der Waals surface area contributed by atoms with Gasteiger partial charge in [0.1, 0.15) is 6.04 Å². The molecule has 0 aromatic heterocycles. The van der Waals surface area contributed by atoms with Crippen molar-refractivity contribution in [2.45, 2.75) is 46.1 Å². The van der Waals surface area contributed by atoms with Crippen LogP contribution in [0.4, 0.5) is 0 Å². The highest BCUT2D eigenvalue weighted by molar-refractivity contribution is 7.99. The van der Waals surface area contributed by atoms with Crippen molar-refractivity contribution in [1.29, 1.82) is 0 Å². The van der Waals surface area contributed by atoms with Crippen molar-refractivity contribution in [3.63, 3.8) is 0 Å². The van der Waals surface area contributed by atoms with Crippen LogP contribution in [0.2, 0.25) is 0 Å². The van der Waals surface area contributed by atoms with E-state index in [1.807, 2.05) is 20.8 Å². The minimum atomic E-state index is -0.401. The Morgan fingerprint density at radius 2 is 1.96 bits per heavy atom. The number of hydrogen-bond donors (Lipinski definition) is 1. The predicted octanol–water partition coefficient (Wildman–Crippen LogP) is 1.05. The van der Waals surface area contributed by atoms with Crippen molar-refractivity contribution in [2.75, 3.05) is 24.7 Å². The lowest BCUT2D eigenvalue weighted by atomic mass is 9.91. The van der Waals surface area contributed by atoms with Gasteiger partial charge in [-0.1, -0.05) is 20.8 Å². The molecule has 3 amide bonds. The van der Waals surface area contributed by atoms with Crippen molar-refractivity contribution in [1.82, 2.24) is 9.80 Å². The zero-order chi connectivity index (χ0) is 17.2. The molecule has 0 aliphatic carbocycles. The lowest BCUT2D eigenvalue weighted by molar-refractivity contribution is -0.146.